The second-order valence-corrected chi connectivity index (χ2v) is 6.65. The van der Waals surface area contributed by atoms with Crippen LogP contribution in [0.4, 0.5) is 16.0 Å². The number of anilines is 2. The summed E-state index contributed by atoms with van der Waals surface area (Å²) in [5.74, 6) is -0.292. The predicted octanol–water partition coefficient (Wildman–Crippen LogP) is 2.74. The van der Waals surface area contributed by atoms with Crippen molar-refractivity contribution in [3.8, 4) is 5.75 Å². The Hall–Kier alpha value is -2.96. The lowest BCUT2D eigenvalue weighted by Crippen LogP contribution is -2.50. The van der Waals surface area contributed by atoms with Gasteiger partial charge < -0.3 is 10.5 Å². The zero-order valence-corrected chi connectivity index (χ0v) is 14.8. The Morgan fingerprint density at radius 3 is 2.73 bits per heavy atom. The maximum atomic E-state index is 13.4. The molecule has 0 radical (unpaired) electrons. The van der Waals surface area contributed by atoms with Crippen LogP contribution in [-0.4, -0.2) is 29.3 Å². The standard InChI is InChI=1S/C19H20FN3O3/c1-10(2)17-19(25)23(18-15(26-17)6-7-16(21)22-18)9-14(24)12-4-5-13(20)11(3)8-12/h4-8,10,17H,9H2,1-3H3,(H2,21,22). The molecular formula is C19H20FN3O3. The van der Waals surface area contributed by atoms with Crippen molar-refractivity contribution in [2.24, 2.45) is 5.92 Å². The molecule has 7 heteroatoms. The van der Waals surface area contributed by atoms with E-state index >= 15 is 0 Å². The average molecular weight is 357 g/mol. The third kappa shape index (κ3) is 3.24. The topological polar surface area (TPSA) is 85.5 Å². The van der Waals surface area contributed by atoms with Crippen LogP contribution in [0.25, 0.3) is 0 Å². The number of hydrogen-bond donors (Lipinski definition) is 1. The van der Waals surface area contributed by atoms with Gasteiger partial charge in [0.2, 0.25) is 0 Å². The maximum Gasteiger partial charge on any atom is 0.270 e. The van der Waals surface area contributed by atoms with E-state index in [-0.39, 0.29) is 41.6 Å². The minimum Gasteiger partial charge on any atom is -0.476 e. The van der Waals surface area contributed by atoms with Crippen molar-refractivity contribution in [1.82, 2.24) is 4.98 Å². The van der Waals surface area contributed by atoms with Crippen LogP contribution in [0.5, 0.6) is 5.75 Å². The van der Waals surface area contributed by atoms with Crippen molar-refractivity contribution in [2.75, 3.05) is 17.2 Å². The smallest absolute Gasteiger partial charge is 0.270 e. The largest absolute Gasteiger partial charge is 0.476 e. The summed E-state index contributed by atoms with van der Waals surface area (Å²) in [4.78, 5) is 31.0. The molecule has 0 aliphatic carbocycles. The molecule has 0 fully saturated rings. The van der Waals surface area contributed by atoms with Gasteiger partial charge in [-0.15, -0.1) is 0 Å². The highest BCUT2D eigenvalue weighted by molar-refractivity contribution is 6.07. The molecule has 2 aromatic rings. The Morgan fingerprint density at radius 1 is 1.35 bits per heavy atom. The minimum atomic E-state index is -0.712. The molecule has 1 amide bonds. The van der Waals surface area contributed by atoms with E-state index in [1.807, 2.05) is 13.8 Å². The molecule has 1 aromatic heterocycles. The van der Waals surface area contributed by atoms with E-state index in [2.05, 4.69) is 4.98 Å². The van der Waals surface area contributed by atoms with Crippen molar-refractivity contribution >= 4 is 23.3 Å². The van der Waals surface area contributed by atoms with Gasteiger partial charge in [-0.05, 0) is 48.7 Å². The zero-order chi connectivity index (χ0) is 19.0. The number of nitrogens with zero attached hydrogens (tertiary/aromatic N) is 2. The van der Waals surface area contributed by atoms with Gasteiger partial charge in [-0.1, -0.05) is 13.8 Å². The van der Waals surface area contributed by atoms with Gasteiger partial charge in [0, 0.05) is 5.56 Å². The minimum absolute atomic E-state index is 0.0844. The average Bonchev–Trinajstić information content (AvgIpc) is 2.59. The fraction of sp³-hybridized carbons (Fsp3) is 0.316. The number of amides is 1. The molecule has 1 aromatic carbocycles. The van der Waals surface area contributed by atoms with Gasteiger partial charge in [-0.25, -0.2) is 9.37 Å². The van der Waals surface area contributed by atoms with Gasteiger partial charge in [0.05, 0.1) is 6.54 Å². The molecule has 2 N–H and O–H groups in total. The number of benzene rings is 1. The number of halogens is 1. The SMILES string of the molecule is Cc1cc(C(=O)CN2C(=O)C(C(C)C)Oc3ccc(N)nc32)ccc1F. The normalized spacial score (nSPS) is 16.4. The Labute approximate surface area is 150 Å². The summed E-state index contributed by atoms with van der Waals surface area (Å²) in [5.41, 5.74) is 6.43. The number of nitrogen functional groups attached to an aromatic ring is 1. The molecule has 1 aliphatic heterocycles. The molecular weight excluding hydrogens is 337 g/mol. The van der Waals surface area contributed by atoms with Gasteiger partial charge in [0.25, 0.3) is 5.91 Å². The second-order valence-electron chi connectivity index (χ2n) is 6.65. The molecule has 0 spiro atoms. The summed E-state index contributed by atoms with van der Waals surface area (Å²) in [6.07, 6.45) is -0.712. The molecule has 3 rings (SSSR count). The van der Waals surface area contributed by atoms with Gasteiger partial charge in [-0.3, -0.25) is 14.5 Å². The molecule has 0 saturated carbocycles. The van der Waals surface area contributed by atoms with E-state index in [1.54, 1.807) is 19.1 Å². The van der Waals surface area contributed by atoms with Crippen LogP contribution in [-0.2, 0) is 4.79 Å². The van der Waals surface area contributed by atoms with Crippen molar-refractivity contribution in [3.63, 3.8) is 0 Å². The van der Waals surface area contributed by atoms with Crippen LogP contribution < -0.4 is 15.4 Å². The van der Waals surface area contributed by atoms with E-state index in [0.29, 0.717) is 16.9 Å². The highest BCUT2D eigenvalue weighted by Crippen LogP contribution is 2.34. The van der Waals surface area contributed by atoms with Crippen molar-refractivity contribution in [1.29, 1.82) is 0 Å². The number of carbonyl (C=O) groups excluding carboxylic acids is 2. The number of ketones is 1. The highest BCUT2D eigenvalue weighted by atomic mass is 19.1. The van der Waals surface area contributed by atoms with E-state index in [9.17, 15) is 14.0 Å². The summed E-state index contributed by atoms with van der Waals surface area (Å²) < 4.78 is 19.2. The van der Waals surface area contributed by atoms with E-state index in [4.69, 9.17) is 10.5 Å². The number of Topliss-reactive ketones (excluding diaryl/α,β-unsaturated/α-hetero) is 1. The Bertz CT molecular complexity index is 882. The van der Waals surface area contributed by atoms with Crippen molar-refractivity contribution in [2.45, 2.75) is 26.9 Å². The summed E-state index contributed by atoms with van der Waals surface area (Å²) in [5, 5.41) is 0. The lowest BCUT2D eigenvalue weighted by Gasteiger charge is -2.34. The number of ether oxygens (including phenoxy) is 1. The van der Waals surface area contributed by atoms with Crippen LogP contribution in [0.15, 0.2) is 30.3 Å². The van der Waals surface area contributed by atoms with Crippen LogP contribution in [0.1, 0.15) is 29.8 Å². The van der Waals surface area contributed by atoms with Crippen LogP contribution >= 0.6 is 0 Å². The van der Waals surface area contributed by atoms with Gasteiger partial charge in [0.15, 0.2) is 23.5 Å². The summed E-state index contributed by atoms with van der Waals surface area (Å²) in [6, 6.07) is 7.33. The first-order chi connectivity index (χ1) is 12.3. The number of pyridine rings is 1. The molecule has 136 valence electrons. The lowest BCUT2D eigenvalue weighted by atomic mass is 10.0. The third-order valence-corrected chi connectivity index (χ3v) is 4.27. The van der Waals surface area contributed by atoms with Crippen LogP contribution in [0, 0.1) is 18.7 Å². The maximum absolute atomic E-state index is 13.4. The first-order valence-electron chi connectivity index (χ1n) is 8.32. The quantitative estimate of drug-likeness (QED) is 0.851. The van der Waals surface area contributed by atoms with Gasteiger partial charge >= 0.3 is 0 Å². The molecule has 2 heterocycles. The number of hydrogen-bond acceptors (Lipinski definition) is 5. The molecule has 0 saturated heterocycles. The Balaban J connectivity index is 1.96. The fourth-order valence-corrected chi connectivity index (χ4v) is 2.81. The third-order valence-electron chi connectivity index (χ3n) is 4.27. The van der Waals surface area contributed by atoms with Gasteiger partial charge in [-0.2, -0.15) is 0 Å². The van der Waals surface area contributed by atoms with Crippen LogP contribution in [0.2, 0.25) is 0 Å². The number of aryl methyl sites for hydroxylation is 1. The summed E-state index contributed by atoms with van der Waals surface area (Å²) >= 11 is 0. The molecule has 1 unspecified atom stereocenters. The summed E-state index contributed by atoms with van der Waals surface area (Å²) in [7, 11) is 0. The number of fused-ring (bicyclic) bond motifs is 1. The van der Waals surface area contributed by atoms with Crippen molar-refractivity contribution < 1.29 is 18.7 Å². The second kappa shape index (κ2) is 6.74. The molecule has 6 nitrogen and oxygen atoms in total. The molecule has 1 aliphatic rings. The van der Waals surface area contributed by atoms with Gasteiger partial charge in [0.1, 0.15) is 11.6 Å². The van der Waals surface area contributed by atoms with Crippen LogP contribution in [0.3, 0.4) is 0 Å². The predicted molar refractivity (Wildman–Crippen MR) is 95.7 cm³/mol. The number of rotatable bonds is 4. The van der Waals surface area contributed by atoms with E-state index in [1.165, 1.54) is 23.1 Å². The van der Waals surface area contributed by atoms with E-state index < -0.39 is 6.10 Å². The first kappa shape index (κ1) is 17.8. The monoisotopic (exact) mass is 357 g/mol. The molecule has 0 bridgehead atoms. The summed E-state index contributed by atoms with van der Waals surface area (Å²) in [6.45, 7) is 5.08. The number of carbonyl (C=O) groups is 2. The number of aromatic nitrogens is 1. The Morgan fingerprint density at radius 2 is 2.08 bits per heavy atom. The van der Waals surface area contributed by atoms with Crippen molar-refractivity contribution in [3.05, 3.63) is 47.3 Å². The number of nitrogens with two attached hydrogens (primary N) is 1. The lowest BCUT2D eigenvalue weighted by molar-refractivity contribution is -0.128. The first-order valence-corrected chi connectivity index (χ1v) is 8.32. The zero-order valence-electron chi connectivity index (χ0n) is 14.8. The molecule has 26 heavy (non-hydrogen) atoms. The van der Waals surface area contributed by atoms with E-state index in [0.717, 1.165) is 0 Å². The molecule has 1 atom stereocenters. The highest BCUT2D eigenvalue weighted by Gasteiger charge is 2.38. The fourth-order valence-electron chi connectivity index (χ4n) is 2.81. The Kier molecular flexibility index (Phi) is 4.63.